The van der Waals surface area contributed by atoms with Crippen molar-refractivity contribution in [3.8, 4) is 17.2 Å². The molecule has 1 amide bonds. The van der Waals surface area contributed by atoms with Gasteiger partial charge in [-0.25, -0.2) is 4.98 Å². The number of para-hydroxylation sites is 1. The van der Waals surface area contributed by atoms with Gasteiger partial charge in [-0.3, -0.25) is 4.79 Å². The van der Waals surface area contributed by atoms with Gasteiger partial charge < -0.3 is 16.4 Å². The topological polar surface area (TPSA) is 104 Å². The minimum Gasteiger partial charge on any atom is -0.383 e. The van der Waals surface area contributed by atoms with Gasteiger partial charge in [0.1, 0.15) is 28.0 Å². The van der Waals surface area contributed by atoms with Gasteiger partial charge in [-0.2, -0.15) is 5.26 Å². The van der Waals surface area contributed by atoms with Gasteiger partial charge in [-0.1, -0.05) is 67.1 Å². The van der Waals surface area contributed by atoms with E-state index in [0.717, 1.165) is 27.9 Å². The molecule has 4 N–H and O–H groups in total. The van der Waals surface area contributed by atoms with Gasteiger partial charge in [0.25, 0.3) is 5.91 Å². The molecule has 182 valence electrons. The molecule has 0 spiro atoms. The van der Waals surface area contributed by atoms with Crippen LogP contribution in [0.1, 0.15) is 34.0 Å². The molecule has 5 aromatic rings. The molecule has 0 aliphatic rings. The first-order valence-corrected chi connectivity index (χ1v) is 12.8. The van der Waals surface area contributed by atoms with E-state index in [1.54, 1.807) is 0 Å². The molecule has 2 heterocycles. The van der Waals surface area contributed by atoms with Crippen LogP contribution in [0.25, 0.3) is 21.3 Å². The van der Waals surface area contributed by atoms with Gasteiger partial charge >= 0.3 is 0 Å². The van der Waals surface area contributed by atoms with Crippen molar-refractivity contribution in [2.24, 2.45) is 0 Å². The van der Waals surface area contributed by atoms with Crippen molar-refractivity contribution in [3.63, 3.8) is 0 Å². The number of nitriles is 1. The van der Waals surface area contributed by atoms with Gasteiger partial charge in [-0.15, -0.1) is 11.3 Å². The molecule has 0 aliphatic heterocycles. The summed E-state index contributed by atoms with van der Waals surface area (Å²) < 4.78 is 0.723. The molecular weight excluding hydrogens is 478 g/mol. The number of pyridine rings is 1. The Kier molecular flexibility index (Phi) is 6.59. The molecule has 0 saturated carbocycles. The highest BCUT2D eigenvalue weighted by Gasteiger charge is 2.26. The van der Waals surface area contributed by atoms with Crippen molar-refractivity contribution in [2.75, 3.05) is 16.4 Å². The average Bonchev–Trinajstić information content (AvgIpc) is 3.26. The maximum atomic E-state index is 13.7. The number of nitrogens with one attached hydrogen (secondary N) is 2. The highest BCUT2D eigenvalue weighted by molar-refractivity contribution is 7.24. The number of carbonyl (C=O) groups is 1. The highest BCUT2D eigenvalue weighted by atomic mass is 32.1. The van der Waals surface area contributed by atoms with Gasteiger partial charge in [0.15, 0.2) is 0 Å². The summed E-state index contributed by atoms with van der Waals surface area (Å²) in [7, 11) is 0. The molecule has 0 bridgehead atoms. The quantitative estimate of drug-likeness (QED) is 0.226. The molecule has 0 aliphatic carbocycles. The number of rotatable bonds is 6. The summed E-state index contributed by atoms with van der Waals surface area (Å²) in [5, 5.41) is 17.0. The maximum Gasteiger partial charge on any atom is 0.260 e. The predicted octanol–water partition coefficient (Wildman–Crippen LogP) is 7.28. The maximum absolute atomic E-state index is 13.7. The Balaban J connectivity index is 1.73. The Labute approximate surface area is 219 Å². The molecule has 0 atom stereocenters. The van der Waals surface area contributed by atoms with Crippen molar-refractivity contribution in [1.29, 1.82) is 5.26 Å². The van der Waals surface area contributed by atoms with Crippen LogP contribution in [0.4, 0.5) is 22.2 Å². The summed E-state index contributed by atoms with van der Waals surface area (Å²) in [6.45, 7) is 4.12. The minimum atomic E-state index is -0.309. The zero-order chi connectivity index (χ0) is 25.9. The lowest BCUT2D eigenvalue weighted by atomic mass is 9.99. The first-order valence-electron chi connectivity index (χ1n) is 11.9. The van der Waals surface area contributed by atoms with Gasteiger partial charge in [-0.05, 0) is 48.7 Å². The first kappa shape index (κ1) is 24.0. The summed E-state index contributed by atoms with van der Waals surface area (Å²) in [6.07, 6.45) is 0.938. The molecule has 5 rings (SSSR count). The van der Waals surface area contributed by atoms with E-state index in [1.165, 1.54) is 16.9 Å². The second kappa shape index (κ2) is 10.1. The number of fused-ring (bicyclic) bond motifs is 1. The van der Waals surface area contributed by atoms with Crippen LogP contribution in [-0.4, -0.2) is 10.9 Å². The number of hydrogen-bond acceptors (Lipinski definition) is 6. The highest BCUT2D eigenvalue weighted by Crippen LogP contribution is 2.44. The van der Waals surface area contributed by atoms with Crippen molar-refractivity contribution in [3.05, 3.63) is 101 Å². The molecule has 0 fully saturated rings. The van der Waals surface area contributed by atoms with Crippen molar-refractivity contribution in [1.82, 2.24) is 4.98 Å². The van der Waals surface area contributed by atoms with Crippen LogP contribution >= 0.6 is 11.3 Å². The summed E-state index contributed by atoms with van der Waals surface area (Å²) in [5.74, 6) is -0.215. The molecule has 37 heavy (non-hydrogen) atoms. The number of aromatic nitrogens is 1. The normalized spacial score (nSPS) is 10.7. The number of benzene rings is 3. The Bertz CT molecular complexity index is 1630. The third-order valence-corrected chi connectivity index (χ3v) is 7.29. The lowest BCUT2D eigenvalue weighted by molar-refractivity contribution is 0.102. The molecule has 0 saturated heterocycles. The SMILES string of the molecule is CCc1ccc(Nc2sc3c(-c4ccc(C)cc4)c(C#N)c(N)nc3c2C(=O)Nc2ccccc2)cc1. The van der Waals surface area contributed by atoms with Crippen LogP contribution in [0, 0.1) is 18.3 Å². The van der Waals surface area contributed by atoms with Gasteiger partial charge in [0.05, 0.1) is 10.2 Å². The number of hydrogen-bond donors (Lipinski definition) is 3. The third-order valence-electron chi connectivity index (χ3n) is 6.18. The van der Waals surface area contributed by atoms with Gasteiger partial charge in [0.2, 0.25) is 0 Å². The van der Waals surface area contributed by atoms with E-state index in [0.29, 0.717) is 32.9 Å². The lowest BCUT2D eigenvalue weighted by Gasteiger charge is -2.10. The predicted molar refractivity (Wildman–Crippen MR) is 152 cm³/mol. The summed E-state index contributed by atoms with van der Waals surface area (Å²) >= 11 is 1.39. The lowest BCUT2D eigenvalue weighted by Crippen LogP contribution is -2.13. The third kappa shape index (κ3) is 4.75. The summed E-state index contributed by atoms with van der Waals surface area (Å²) in [4.78, 5) is 18.2. The van der Waals surface area contributed by atoms with Gasteiger partial charge in [0, 0.05) is 16.9 Å². The molecule has 0 radical (unpaired) electrons. The fraction of sp³-hybridized carbons (Fsp3) is 0.100. The monoisotopic (exact) mass is 503 g/mol. The zero-order valence-electron chi connectivity index (χ0n) is 20.5. The van der Waals surface area contributed by atoms with Crippen LogP contribution in [-0.2, 0) is 6.42 Å². The van der Waals surface area contributed by atoms with Crippen LogP contribution in [0.3, 0.4) is 0 Å². The number of amides is 1. The van der Waals surface area contributed by atoms with E-state index in [2.05, 4.69) is 40.7 Å². The number of nitrogens with two attached hydrogens (primary N) is 1. The molecule has 6 nitrogen and oxygen atoms in total. The fourth-order valence-corrected chi connectivity index (χ4v) is 5.42. The van der Waals surface area contributed by atoms with E-state index >= 15 is 0 Å². The summed E-state index contributed by atoms with van der Waals surface area (Å²) in [5.41, 5.74) is 12.8. The van der Waals surface area contributed by atoms with Crippen LogP contribution in [0.15, 0.2) is 78.9 Å². The fourth-order valence-electron chi connectivity index (χ4n) is 4.19. The molecular formula is C30H25N5OS. The number of thiophene rings is 1. The molecule has 2 aromatic heterocycles. The Morgan fingerprint density at radius 1 is 1.00 bits per heavy atom. The number of carbonyl (C=O) groups excluding carboxylic acids is 1. The zero-order valence-corrected chi connectivity index (χ0v) is 21.3. The second-order valence-corrected chi connectivity index (χ2v) is 9.73. The molecule has 3 aromatic carbocycles. The van der Waals surface area contributed by atoms with Crippen LogP contribution in [0.2, 0.25) is 0 Å². The van der Waals surface area contributed by atoms with E-state index < -0.39 is 0 Å². The van der Waals surface area contributed by atoms with Crippen molar-refractivity contribution in [2.45, 2.75) is 20.3 Å². The Morgan fingerprint density at radius 2 is 1.70 bits per heavy atom. The number of anilines is 4. The number of nitrogen functional groups attached to an aromatic ring is 1. The van der Waals surface area contributed by atoms with Crippen molar-refractivity contribution >= 4 is 49.7 Å². The molecule has 0 unspecified atom stereocenters. The second-order valence-electron chi connectivity index (χ2n) is 8.70. The largest absolute Gasteiger partial charge is 0.383 e. The van der Waals surface area contributed by atoms with E-state index in [4.69, 9.17) is 5.73 Å². The van der Waals surface area contributed by atoms with E-state index in [1.807, 2.05) is 73.7 Å². The van der Waals surface area contributed by atoms with Crippen LogP contribution < -0.4 is 16.4 Å². The molecule has 7 heteroatoms. The van der Waals surface area contributed by atoms with E-state index in [9.17, 15) is 10.1 Å². The van der Waals surface area contributed by atoms with Crippen molar-refractivity contribution < 1.29 is 4.79 Å². The first-order chi connectivity index (χ1) is 18.0. The number of aryl methyl sites for hydroxylation is 2. The van der Waals surface area contributed by atoms with Crippen LogP contribution in [0.5, 0.6) is 0 Å². The van der Waals surface area contributed by atoms with E-state index in [-0.39, 0.29) is 11.7 Å². The smallest absolute Gasteiger partial charge is 0.260 e. The summed E-state index contributed by atoms with van der Waals surface area (Å²) in [6, 6.07) is 27.5. The number of nitrogens with zero attached hydrogens (tertiary/aromatic N) is 2. The average molecular weight is 504 g/mol. The minimum absolute atomic E-state index is 0.0935. The Hall–Kier alpha value is -4.67. The standard InChI is InChI=1S/C30H25N5OS/c1-3-19-11-15-22(16-12-19)34-30-25(29(36)33-21-7-5-4-6-8-21)26-27(37-30)24(23(17-31)28(32)35-26)20-13-9-18(2)10-14-20/h4-16,34H,3H2,1-2H3,(H2,32,35)(H,33,36). The Morgan fingerprint density at radius 3 is 2.35 bits per heavy atom.